The summed E-state index contributed by atoms with van der Waals surface area (Å²) in [5.74, 6) is 1.32. The van der Waals surface area contributed by atoms with Crippen LogP contribution in [0.25, 0.3) is 111 Å². The number of fused-ring (bicyclic) bond motifs is 9. The molecule has 0 aliphatic carbocycles. The summed E-state index contributed by atoms with van der Waals surface area (Å²) in [6.45, 7) is 0. The molecule has 12 rings (SSSR count). The maximum absolute atomic E-state index is 8.92. The molecule has 4 aromatic heterocycles. The van der Waals surface area contributed by atoms with Gasteiger partial charge < -0.3 is 13.6 Å². The van der Waals surface area contributed by atoms with Gasteiger partial charge in [0, 0.05) is 54.7 Å². The van der Waals surface area contributed by atoms with E-state index in [1.807, 2.05) is 97.1 Å². The van der Waals surface area contributed by atoms with E-state index in [1.54, 1.807) is 4.57 Å². The van der Waals surface area contributed by atoms with Gasteiger partial charge in [-0.05, 0) is 78.8 Å². The minimum Gasteiger partial charge on any atom is -0.456 e. The van der Waals surface area contributed by atoms with Crippen molar-refractivity contribution in [2.45, 2.75) is 0 Å². The first-order valence-corrected chi connectivity index (χ1v) is 18.6. The van der Waals surface area contributed by atoms with Crippen molar-refractivity contribution >= 4 is 65.6 Å². The van der Waals surface area contributed by atoms with Gasteiger partial charge in [0.1, 0.15) is 11.2 Å². The van der Waals surface area contributed by atoms with Crippen LogP contribution in [0, 0.1) is 0 Å². The van der Waals surface area contributed by atoms with Crippen molar-refractivity contribution in [3.8, 4) is 45.5 Å². The number of furan rings is 1. The van der Waals surface area contributed by atoms with E-state index in [-0.39, 0.29) is 47.0 Å². The van der Waals surface area contributed by atoms with Gasteiger partial charge in [0.2, 0.25) is 0 Å². The zero-order valence-electron chi connectivity index (χ0n) is 36.1. The van der Waals surface area contributed by atoms with Gasteiger partial charge in [0.05, 0.1) is 36.0 Å². The van der Waals surface area contributed by atoms with E-state index in [9.17, 15) is 0 Å². The van der Waals surface area contributed by atoms with Crippen LogP contribution in [0.2, 0.25) is 0 Å². The summed E-state index contributed by atoms with van der Waals surface area (Å²) in [5, 5.41) is 4.68. The van der Waals surface area contributed by atoms with Crippen molar-refractivity contribution in [2.24, 2.45) is 0 Å². The number of aromatic nitrogens is 5. The largest absolute Gasteiger partial charge is 0.456 e. The monoisotopic (exact) mass is 735 g/mol. The molecule has 0 atom stereocenters. The predicted molar refractivity (Wildman–Crippen MR) is 232 cm³/mol. The highest BCUT2D eigenvalue weighted by atomic mass is 16.3. The van der Waals surface area contributed by atoms with Crippen LogP contribution in [0.4, 0.5) is 0 Å². The molecule has 0 aliphatic rings. The van der Waals surface area contributed by atoms with Gasteiger partial charge in [-0.2, -0.15) is 0 Å². The number of benzene rings is 8. The van der Waals surface area contributed by atoms with Crippen molar-refractivity contribution in [1.82, 2.24) is 24.1 Å². The van der Waals surface area contributed by atoms with Gasteiger partial charge in [-0.3, -0.25) is 0 Å². The Morgan fingerprint density at radius 1 is 0.404 bits per heavy atom. The summed E-state index contributed by atoms with van der Waals surface area (Å²) >= 11 is 0. The van der Waals surface area contributed by atoms with E-state index in [0.29, 0.717) is 45.3 Å². The van der Waals surface area contributed by atoms with Crippen LogP contribution in [0.1, 0.15) is 8.22 Å². The molecule has 0 bridgehead atoms. The second-order valence-electron chi connectivity index (χ2n) is 13.9. The molecule has 0 spiro atoms. The highest BCUT2D eigenvalue weighted by Crippen LogP contribution is 2.38. The van der Waals surface area contributed by atoms with Crippen LogP contribution in [0.15, 0.2) is 192 Å². The van der Waals surface area contributed by atoms with E-state index < -0.39 is 0 Å². The van der Waals surface area contributed by atoms with Crippen LogP contribution in [-0.2, 0) is 0 Å². The Bertz CT molecular complexity index is 3770. The number of hydrogen-bond donors (Lipinski definition) is 0. The molecule has 0 aliphatic heterocycles. The van der Waals surface area contributed by atoms with Crippen LogP contribution >= 0.6 is 0 Å². The molecule has 0 unspecified atom stereocenters. The molecule has 0 N–H and O–H groups in total. The Labute approximate surface area is 335 Å². The number of nitrogens with zero attached hydrogens (tertiary/aromatic N) is 5. The normalized spacial score (nSPS) is 13.3. The molecule has 0 radical (unpaired) electrons. The second kappa shape index (κ2) is 12.3. The quantitative estimate of drug-likeness (QED) is 0.177. The summed E-state index contributed by atoms with van der Waals surface area (Å²) in [7, 11) is 0. The molecule has 57 heavy (non-hydrogen) atoms. The molecule has 0 saturated carbocycles. The SMILES string of the molecule is [2H]c1cc([2H])c2c(c1[2H])c1c([2H])c([2H])cc([2H])c1n2-c1ccc(-c2nc(-c3ccc4c(c3)oc3ccccc34)nc(-c3ccccc3-n3c4ccccc4c4ccccc43)n2)cc1. The zero-order chi connectivity index (χ0) is 42.7. The van der Waals surface area contributed by atoms with E-state index in [0.717, 1.165) is 55.0 Å². The first-order chi connectivity index (χ1) is 30.7. The lowest BCUT2D eigenvalue weighted by Crippen LogP contribution is -2.03. The Hall–Kier alpha value is -7.83. The predicted octanol–water partition coefficient (Wildman–Crippen LogP) is 13.0. The third kappa shape index (κ3) is 4.87. The van der Waals surface area contributed by atoms with E-state index in [2.05, 4.69) is 47.0 Å². The van der Waals surface area contributed by atoms with Crippen molar-refractivity contribution < 1.29 is 12.6 Å². The van der Waals surface area contributed by atoms with Crippen molar-refractivity contribution in [2.75, 3.05) is 0 Å². The molecule has 8 aromatic carbocycles. The molecule has 12 aromatic rings. The molecule has 266 valence electrons. The Balaban J connectivity index is 1.07. The molecule has 0 saturated heterocycles. The molecule has 0 amide bonds. The summed E-state index contributed by atoms with van der Waals surface area (Å²) in [6, 6.07) is 48.1. The summed E-state index contributed by atoms with van der Waals surface area (Å²) in [6.07, 6.45) is 0. The van der Waals surface area contributed by atoms with Crippen LogP contribution < -0.4 is 0 Å². The number of rotatable bonds is 5. The second-order valence-corrected chi connectivity index (χ2v) is 13.9. The Kier molecular flexibility index (Phi) is 5.64. The minimum atomic E-state index is -0.163. The van der Waals surface area contributed by atoms with Gasteiger partial charge >= 0.3 is 0 Å². The van der Waals surface area contributed by atoms with Crippen LogP contribution in [0.3, 0.4) is 0 Å². The van der Waals surface area contributed by atoms with E-state index in [1.165, 1.54) is 12.1 Å². The van der Waals surface area contributed by atoms with Gasteiger partial charge in [0.25, 0.3) is 0 Å². The fraction of sp³-hybridized carbons (Fsp3) is 0. The maximum atomic E-state index is 8.92. The Morgan fingerprint density at radius 2 is 0.965 bits per heavy atom. The van der Waals surface area contributed by atoms with Gasteiger partial charge in [-0.15, -0.1) is 0 Å². The fourth-order valence-corrected chi connectivity index (χ4v) is 8.19. The van der Waals surface area contributed by atoms with Crippen molar-refractivity contribution in [3.63, 3.8) is 0 Å². The third-order valence-corrected chi connectivity index (χ3v) is 10.7. The molecule has 6 heteroatoms. The molecule has 4 heterocycles. The standard InChI is InChI=1S/C51H31N5O/c1-7-19-42-35(13-1)36-14-2-8-20-43(36)55(42)34-28-25-32(26-29-34)49-52-50(33-27-30-40-39-17-6-12-24-47(39)57-48(40)31-33)54-51(53-49)41-18-5-11-23-46(41)56-44-21-9-3-15-37(44)38-16-4-10-22-45(38)56/h1-31H/i1D,2D,13D,14D,19D,20D. The summed E-state index contributed by atoms with van der Waals surface area (Å²) in [5.41, 5.74) is 7.87. The smallest absolute Gasteiger partial charge is 0.166 e. The average molecular weight is 736 g/mol. The van der Waals surface area contributed by atoms with Crippen molar-refractivity contribution in [3.05, 3.63) is 188 Å². The highest BCUT2D eigenvalue weighted by Gasteiger charge is 2.20. The van der Waals surface area contributed by atoms with Crippen LogP contribution in [0.5, 0.6) is 0 Å². The minimum absolute atomic E-state index is 0.0216. The summed E-state index contributed by atoms with van der Waals surface area (Å²) in [4.78, 5) is 15.4. The van der Waals surface area contributed by atoms with Gasteiger partial charge in [-0.1, -0.05) is 109 Å². The zero-order valence-corrected chi connectivity index (χ0v) is 30.1. The lowest BCUT2D eigenvalue weighted by Gasteiger charge is -2.14. The van der Waals surface area contributed by atoms with Gasteiger partial charge in [0.15, 0.2) is 17.5 Å². The fourth-order valence-electron chi connectivity index (χ4n) is 8.19. The van der Waals surface area contributed by atoms with E-state index in [4.69, 9.17) is 27.6 Å². The number of para-hydroxylation sites is 6. The lowest BCUT2D eigenvalue weighted by molar-refractivity contribution is 0.669. The first-order valence-electron chi connectivity index (χ1n) is 21.6. The molecular weight excluding hydrogens is 699 g/mol. The van der Waals surface area contributed by atoms with Crippen LogP contribution in [-0.4, -0.2) is 24.1 Å². The van der Waals surface area contributed by atoms with Crippen molar-refractivity contribution in [1.29, 1.82) is 0 Å². The molecule has 6 nitrogen and oxygen atoms in total. The third-order valence-electron chi connectivity index (χ3n) is 10.7. The summed E-state index contributed by atoms with van der Waals surface area (Å²) < 4.78 is 62.4. The first kappa shape index (κ1) is 26.1. The molecular formula is C51H31N5O. The highest BCUT2D eigenvalue weighted by molar-refractivity contribution is 6.11. The maximum Gasteiger partial charge on any atom is 0.166 e. The average Bonchev–Trinajstić information content (AvgIpc) is 3.99. The van der Waals surface area contributed by atoms with Gasteiger partial charge in [-0.25, -0.2) is 15.0 Å². The topological polar surface area (TPSA) is 61.7 Å². The number of hydrogen-bond acceptors (Lipinski definition) is 4. The Morgan fingerprint density at radius 3 is 1.68 bits per heavy atom. The van der Waals surface area contributed by atoms with E-state index >= 15 is 0 Å². The lowest BCUT2D eigenvalue weighted by atomic mass is 10.1. The molecule has 0 fully saturated rings.